The fourth-order valence-corrected chi connectivity index (χ4v) is 6.71. The molecule has 0 saturated carbocycles. The quantitative estimate of drug-likeness (QED) is 0.351. The zero-order valence-corrected chi connectivity index (χ0v) is 21.5. The first-order chi connectivity index (χ1) is 16.0. The van der Waals surface area contributed by atoms with Crippen LogP contribution in [0, 0.1) is 0 Å². The van der Waals surface area contributed by atoms with Crippen LogP contribution in [0.2, 0.25) is 0 Å². The summed E-state index contributed by atoms with van der Waals surface area (Å²) in [7, 11) is -2.92. The molecule has 0 bridgehead atoms. The predicted molar refractivity (Wildman–Crippen MR) is 130 cm³/mol. The van der Waals surface area contributed by atoms with Crippen molar-refractivity contribution in [2.75, 3.05) is 0 Å². The van der Waals surface area contributed by atoms with Crippen molar-refractivity contribution in [3.8, 4) is 0 Å². The van der Waals surface area contributed by atoms with E-state index < -0.39 is 17.2 Å². The number of benzene rings is 2. The summed E-state index contributed by atoms with van der Waals surface area (Å²) in [5.41, 5.74) is 2.12. The minimum atomic E-state index is -1.46. The van der Waals surface area contributed by atoms with E-state index in [2.05, 4.69) is 52.0 Å². The van der Waals surface area contributed by atoms with Crippen LogP contribution >= 0.6 is 17.2 Å². The van der Waals surface area contributed by atoms with E-state index >= 15 is 0 Å². The predicted octanol–water partition coefficient (Wildman–Crippen LogP) is 7.77. The second-order valence-electron chi connectivity index (χ2n) is 8.83. The zero-order chi connectivity index (χ0) is 23.2. The van der Waals surface area contributed by atoms with Crippen molar-refractivity contribution >= 4 is 17.2 Å². The van der Waals surface area contributed by atoms with E-state index in [4.69, 9.17) is 27.1 Å². The van der Waals surface area contributed by atoms with Crippen molar-refractivity contribution < 1.29 is 27.1 Å². The molecule has 0 unspecified atom stereocenters. The molecule has 2 aromatic carbocycles. The monoisotopic (exact) mass is 492 g/mol. The summed E-state index contributed by atoms with van der Waals surface area (Å²) >= 11 is 0. The molecule has 2 saturated heterocycles. The number of hydrogen-bond donors (Lipinski definition) is 0. The highest BCUT2D eigenvalue weighted by atomic mass is 31.2. The van der Waals surface area contributed by atoms with Crippen LogP contribution in [0.15, 0.2) is 60.7 Å². The van der Waals surface area contributed by atoms with Gasteiger partial charge in [-0.2, -0.15) is 0 Å². The van der Waals surface area contributed by atoms with Gasteiger partial charge in [-0.15, -0.1) is 0 Å². The molecule has 2 aromatic rings. The zero-order valence-electron chi connectivity index (χ0n) is 19.7. The van der Waals surface area contributed by atoms with Crippen molar-refractivity contribution in [1.82, 2.24) is 0 Å². The summed E-state index contributed by atoms with van der Waals surface area (Å²) < 4.78 is 37.0. The third kappa shape index (κ3) is 7.52. The lowest BCUT2D eigenvalue weighted by Gasteiger charge is -2.35. The van der Waals surface area contributed by atoms with E-state index in [1.165, 1.54) is 0 Å². The van der Waals surface area contributed by atoms with Crippen molar-refractivity contribution in [3.05, 3.63) is 71.8 Å². The Balaban J connectivity index is 1.55. The van der Waals surface area contributed by atoms with Gasteiger partial charge >= 0.3 is 17.2 Å². The van der Waals surface area contributed by atoms with E-state index in [9.17, 15) is 0 Å². The molecule has 33 heavy (non-hydrogen) atoms. The molecule has 0 amide bonds. The van der Waals surface area contributed by atoms with E-state index in [1.807, 2.05) is 36.4 Å². The van der Waals surface area contributed by atoms with Crippen LogP contribution in [0.3, 0.4) is 0 Å². The minimum Gasteiger partial charge on any atom is -0.309 e. The van der Waals surface area contributed by atoms with Gasteiger partial charge in [0.1, 0.15) is 0 Å². The molecule has 8 heteroatoms. The van der Waals surface area contributed by atoms with Gasteiger partial charge in [-0.1, -0.05) is 60.7 Å². The minimum absolute atomic E-state index is 0.105. The van der Waals surface area contributed by atoms with Crippen LogP contribution in [-0.4, -0.2) is 24.4 Å². The topological polar surface area (TPSA) is 55.4 Å². The van der Waals surface area contributed by atoms with Crippen molar-refractivity contribution in [3.63, 3.8) is 0 Å². The molecular weight excluding hydrogens is 458 g/mol. The molecule has 2 aliphatic rings. The van der Waals surface area contributed by atoms with Crippen molar-refractivity contribution in [1.29, 1.82) is 0 Å². The summed E-state index contributed by atoms with van der Waals surface area (Å²) in [5, 5.41) is 0. The summed E-state index contributed by atoms with van der Waals surface area (Å²) in [5.74, 6) is 0. The first kappa shape index (κ1) is 25.2. The Morgan fingerprint density at radius 3 is 1.30 bits per heavy atom. The third-order valence-corrected chi connectivity index (χ3v) is 8.57. The molecule has 2 fully saturated rings. The van der Waals surface area contributed by atoms with E-state index in [0.29, 0.717) is 6.42 Å². The molecular formula is C25H34O6P2. The summed E-state index contributed by atoms with van der Waals surface area (Å²) in [6.45, 7) is 8.25. The summed E-state index contributed by atoms with van der Waals surface area (Å²) in [6.07, 6.45) is 2.19. The Bertz CT molecular complexity index is 752. The SMILES string of the molecule is C[C@@H]1C[C@@H](C)OP(O[C@@H](C[C@H](OP2O[C@H](C)C[C@@H](C)O2)c2ccccc2)c2ccccc2)O1. The molecule has 2 heterocycles. The lowest BCUT2D eigenvalue weighted by Crippen LogP contribution is -2.24. The first-order valence-electron chi connectivity index (χ1n) is 11.7. The second-order valence-corrected chi connectivity index (χ2v) is 11.0. The lowest BCUT2D eigenvalue weighted by atomic mass is 9.99. The normalized spacial score (nSPS) is 32.2. The Morgan fingerprint density at radius 1 is 0.636 bits per heavy atom. The Hall–Kier alpha value is -0.940. The van der Waals surface area contributed by atoms with Gasteiger partial charge in [-0.05, 0) is 38.8 Å². The van der Waals surface area contributed by atoms with Gasteiger partial charge < -0.3 is 27.1 Å². The summed E-state index contributed by atoms with van der Waals surface area (Å²) in [4.78, 5) is 0. The molecule has 0 radical (unpaired) electrons. The van der Waals surface area contributed by atoms with Gasteiger partial charge in [0.2, 0.25) is 0 Å². The smallest absolute Gasteiger partial charge is 0.309 e. The van der Waals surface area contributed by atoms with Crippen LogP contribution in [0.25, 0.3) is 0 Å². The van der Waals surface area contributed by atoms with Gasteiger partial charge in [-0.3, -0.25) is 0 Å². The van der Waals surface area contributed by atoms with Crippen LogP contribution < -0.4 is 0 Å². The molecule has 4 rings (SSSR count). The van der Waals surface area contributed by atoms with Crippen molar-refractivity contribution in [2.45, 2.75) is 83.6 Å². The molecule has 0 aliphatic carbocycles. The average Bonchev–Trinajstić information content (AvgIpc) is 2.78. The molecule has 2 aliphatic heterocycles. The largest absolute Gasteiger partial charge is 0.333 e. The molecule has 0 N–H and O–H groups in total. The molecule has 6 nitrogen and oxygen atoms in total. The Labute approximate surface area is 199 Å². The van der Waals surface area contributed by atoms with Crippen LogP contribution in [-0.2, 0) is 27.1 Å². The molecule has 0 aromatic heterocycles. The standard InChI is InChI=1S/C25H34O6P2/c1-18-15-19(2)27-32(26-18)30-24(22-11-7-5-8-12-22)17-25(23-13-9-6-10-14-23)31-33-28-20(3)16-21(4)29-33/h5-14,18-21,24-25H,15-17H2,1-4H3/t18-,19-,20-,21-,24+,25+/m1/s1. The molecule has 0 spiro atoms. The highest BCUT2D eigenvalue weighted by Gasteiger charge is 2.35. The fraction of sp³-hybridized carbons (Fsp3) is 0.520. The van der Waals surface area contributed by atoms with E-state index in [1.54, 1.807) is 0 Å². The highest BCUT2D eigenvalue weighted by molar-refractivity contribution is 7.42. The molecule has 180 valence electrons. The maximum absolute atomic E-state index is 6.47. The third-order valence-electron chi connectivity index (χ3n) is 5.59. The fourth-order valence-electron chi connectivity index (χ4n) is 4.06. The Kier molecular flexibility index (Phi) is 9.26. The van der Waals surface area contributed by atoms with Crippen LogP contribution in [0.5, 0.6) is 0 Å². The van der Waals surface area contributed by atoms with Crippen molar-refractivity contribution in [2.24, 2.45) is 0 Å². The van der Waals surface area contributed by atoms with Gasteiger partial charge in [0, 0.05) is 19.3 Å². The number of hydrogen-bond acceptors (Lipinski definition) is 6. The maximum Gasteiger partial charge on any atom is 0.333 e. The van der Waals surface area contributed by atoms with Gasteiger partial charge in [0.25, 0.3) is 0 Å². The van der Waals surface area contributed by atoms with Gasteiger partial charge in [0.15, 0.2) is 0 Å². The van der Waals surface area contributed by atoms with E-state index in [0.717, 1.165) is 24.0 Å². The average molecular weight is 492 g/mol. The Morgan fingerprint density at radius 2 is 0.970 bits per heavy atom. The summed E-state index contributed by atoms with van der Waals surface area (Å²) in [6, 6.07) is 20.4. The second kappa shape index (κ2) is 12.2. The van der Waals surface area contributed by atoms with Gasteiger partial charge in [-0.25, -0.2) is 0 Å². The lowest BCUT2D eigenvalue weighted by molar-refractivity contribution is -0.00496. The maximum atomic E-state index is 6.47. The number of rotatable bonds is 8. The van der Waals surface area contributed by atoms with Crippen LogP contribution in [0.4, 0.5) is 0 Å². The highest BCUT2D eigenvalue weighted by Crippen LogP contribution is 2.55. The van der Waals surface area contributed by atoms with E-state index in [-0.39, 0.29) is 36.6 Å². The van der Waals surface area contributed by atoms with Crippen LogP contribution in [0.1, 0.15) is 70.3 Å². The van der Waals surface area contributed by atoms with Gasteiger partial charge in [0.05, 0.1) is 36.6 Å². The first-order valence-corrected chi connectivity index (χ1v) is 13.9. The molecule has 6 atom stereocenters.